The predicted octanol–water partition coefficient (Wildman–Crippen LogP) is 3.37. The number of rotatable bonds is 2. The van der Waals surface area contributed by atoms with Crippen LogP contribution in [0.3, 0.4) is 0 Å². The normalized spacial score (nSPS) is 23.5. The van der Waals surface area contributed by atoms with Crippen LogP contribution in [0, 0.1) is 6.07 Å². The van der Waals surface area contributed by atoms with Crippen LogP contribution in [0.15, 0.2) is 24.4 Å². The smallest absolute Gasteiger partial charge is 0.0724 e. The highest BCUT2D eigenvalue weighted by atomic mass is 35.5. The summed E-state index contributed by atoms with van der Waals surface area (Å²) >= 11 is 6.07. The monoisotopic (exact) mass is 274 g/mol. The highest BCUT2D eigenvalue weighted by molar-refractivity contribution is 6.31. The van der Waals surface area contributed by atoms with Crippen LogP contribution in [0.4, 0.5) is 5.69 Å². The van der Waals surface area contributed by atoms with Crippen molar-refractivity contribution >= 4 is 28.2 Å². The summed E-state index contributed by atoms with van der Waals surface area (Å²) in [6.45, 7) is 0. The molecular formula is C15H17ClN3. The number of benzene rings is 1. The van der Waals surface area contributed by atoms with Gasteiger partial charge in [-0.3, -0.25) is 4.98 Å². The first-order valence-electron chi connectivity index (χ1n) is 6.70. The average molecular weight is 275 g/mol. The summed E-state index contributed by atoms with van der Waals surface area (Å²) in [5, 5.41) is 5.32. The third kappa shape index (κ3) is 2.82. The SMILES string of the molecule is NC1CCC(Nc2[c]cnc3ccc(Cl)cc23)CC1. The van der Waals surface area contributed by atoms with Crippen LogP contribution < -0.4 is 11.1 Å². The Balaban J connectivity index is 1.86. The third-order valence-corrected chi connectivity index (χ3v) is 4.00. The zero-order valence-corrected chi connectivity index (χ0v) is 11.5. The number of nitrogens with zero attached hydrogens (tertiary/aromatic N) is 1. The van der Waals surface area contributed by atoms with Gasteiger partial charge in [-0.15, -0.1) is 0 Å². The van der Waals surface area contributed by atoms with Crippen molar-refractivity contribution < 1.29 is 0 Å². The average Bonchev–Trinajstić information content (AvgIpc) is 2.42. The fourth-order valence-electron chi connectivity index (χ4n) is 2.65. The molecule has 0 spiro atoms. The van der Waals surface area contributed by atoms with Gasteiger partial charge in [0.2, 0.25) is 0 Å². The Labute approximate surface area is 118 Å². The van der Waals surface area contributed by atoms with E-state index in [9.17, 15) is 0 Å². The van der Waals surface area contributed by atoms with Crippen molar-refractivity contribution in [2.75, 3.05) is 5.32 Å². The molecule has 1 saturated carbocycles. The number of halogens is 1. The van der Waals surface area contributed by atoms with E-state index in [2.05, 4.69) is 16.4 Å². The number of anilines is 1. The molecule has 1 aliphatic rings. The van der Waals surface area contributed by atoms with Crippen LogP contribution in [0.1, 0.15) is 25.7 Å². The van der Waals surface area contributed by atoms with Crippen molar-refractivity contribution in [3.63, 3.8) is 0 Å². The highest BCUT2D eigenvalue weighted by Crippen LogP contribution is 2.27. The maximum atomic E-state index is 6.07. The van der Waals surface area contributed by atoms with E-state index in [1.165, 1.54) is 0 Å². The first-order valence-corrected chi connectivity index (χ1v) is 7.08. The van der Waals surface area contributed by atoms with Crippen LogP contribution in [0.25, 0.3) is 10.9 Å². The fraction of sp³-hybridized carbons (Fsp3) is 0.400. The van der Waals surface area contributed by atoms with Gasteiger partial charge in [-0.1, -0.05) is 11.6 Å². The van der Waals surface area contributed by atoms with Gasteiger partial charge in [0.1, 0.15) is 0 Å². The van der Waals surface area contributed by atoms with Crippen LogP contribution >= 0.6 is 11.6 Å². The molecule has 0 unspecified atom stereocenters. The van der Waals surface area contributed by atoms with Gasteiger partial charge in [0.15, 0.2) is 0 Å². The molecule has 3 nitrogen and oxygen atoms in total. The number of hydrogen-bond donors (Lipinski definition) is 2. The molecule has 3 N–H and O–H groups in total. The van der Waals surface area contributed by atoms with Gasteiger partial charge < -0.3 is 11.1 Å². The molecule has 0 amide bonds. The van der Waals surface area contributed by atoms with Gasteiger partial charge in [-0.05, 0) is 43.9 Å². The Morgan fingerprint density at radius 3 is 2.84 bits per heavy atom. The van der Waals surface area contributed by atoms with Crippen LogP contribution in [0.2, 0.25) is 5.02 Å². The zero-order valence-electron chi connectivity index (χ0n) is 10.7. The maximum absolute atomic E-state index is 6.07. The lowest BCUT2D eigenvalue weighted by Gasteiger charge is -2.27. The van der Waals surface area contributed by atoms with Gasteiger partial charge in [0.25, 0.3) is 0 Å². The maximum Gasteiger partial charge on any atom is 0.0724 e. The van der Waals surface area contributed by atoms with Crippen molar-refractivity contribution in [2.45, 2.75) is 37.8 Å². The summed E-state index contributed by atoms with van der Waals surface area (Å²) in [6.07, 6.45) is 6.11. The summed E-state index contributed by atoms with van der Waals surface area (Å²) < 4.78 is 0. The van der Waals surface area contributed by atoms with Crippen molar-refractivity contribution in [1.29, 1.82) is 0 Å². The lowest BCUT2D eigenvalue weighted by atomic mass is 9.91. The zero-order chi connectivity index (χ0) is 13.2. The molecule has 1 heterocycles. The Morgan fingerprint density at radius 1 is 1.26 bits per heavy atom. The largest absolute Gasteiger partial charge is 0.381 e. The van der Waals surface area contributed by atoms with Gasteiger partial charge in [0, 0.05) is 34.8 Å². The van der Waals surface area contributed by atoms with Gasteiger partial charge >= 0.3 is 0 Å². The minimum Gasteiger partial charge on any atom is -0.381 e. The van der Waals surface area contributed by atoms with Crippen molar-refractivity contribution in [2.24, 2.45) is 5.73 Å². The van der Waals surface area contributed by atoms with E-state index in [-0.39, 0.29) is 0 Å². The summed E-state index contributed by atoms with van der Waals surface area (Å²) in [6, 6.07) is 9.77. The summed E-state index contributed by atoms with van der Waals surface area (Å²) in [7, 11) is 0. The van der Waals surface area contributed by atoms with E-state index in [0.29, 0.717) is 12.1 Å². The second-order valence-corrected chi connectivity index (χ2v) is 5.63. The second-order valence-electron chi connectivity index (χ2n) is 5.20. The molecule has 1 radical (unpaired) electrons. The Hall–Kier alpha value is -1.32. The Kier molecular flexibility index (Phi) is 3.58. The molecule has 0 bridgehead atoms. The fourth-order valence-corrected chi connectivity index (χ4v) is 2.82. The third-order valence-electron chi connectivity index (χ3n) is 3.76. The highest BCUT2D eigenvalue weighted by Gasteiger charge is 2.18. The van der Waals surface area contributed by atoms with Crippen LogP contribution in [-0.4, -0.2) is 17.1 Å². The van der Waals surface area contributed by atoms with E-state index >= 15 is 0 Å². The molecule has 0 saturated heterocycles. The molecule has 1 aromatic carbocycles. The van der Waals surface area contributed by atoms with E-state index in [4.69, 9.17) is 17.3 Å². The Morgan fingerprint density at radius 2 is 2.05 bits per heavy atom. The lowest BCUT2D eigenvalue weighted by Crippen LogP contribution is -2.32. The molecule has 4 heteroatoms. The molecule has 2 aromatic rings. The van der Waals surface area contributed by atoms with Crippen molar-refractivity contribution in [3.05, 3.63) is 35.5 Å². The van der Waals surface area contributed by atoms with E-state index < -0.39 is 0 Å². The van der Waals surface area contributed by atoms with E-state index in [1.54, 1.807) is 6.20 Å². The molecule has 1 aliphatic carbocycles. The number of hydrogen-bond acceptors (Lipinski definition) is 3. The minimum atomic E-state index is 0.366. The number of fused-ring (bicyclic) bond motifs is 1. The molecule has 3 rings (SSSR count). The number of nitrogens with one attached hydrogen (secondary N) is 1. The number of aromatic nitrogens is 1. The predicted molar refractivity (Wildman–Crippen MR) is 79.4 cm³/mol. The first-order chi connectivity index (χ1) is 9.22. The molecule has 19 heavy (non-hydrogen) atoms. The second kappa shape index (κ2) is 5.35. The van der Waals surface area contributed by atoms with Crippen LogP contribution in [-0.2, 0) is 0 Å². The molecule has 99 valence electrons. The van der Waals surface area contributed by atoms with Gasteiger partial charge in [-0.25, -0.2) is 0 Å². The first kappa shape index (κ1) is 12.7. The topological polar surface area (TPSA) is 50.9 Å². The molecule has 0 atom stereocenters. The quantitative estimate of drug-likeness (QED) is 0.883. The molecular weight excluding hydrogens is 258 g/mol. The lowest BCUT2D eigenvalue weighted by molar-refractivity contribution is 0.411. The molecule has 0 aliphatic heterocycles. The number of pyridine rings is 1. The standard InChI is InChI=1S/C15H17ClN3/c16-10-1-6-14-13(9-10)15(7-8-18-14)19-12-4-2-11(17)3-5-12/h1,6,8-9,11-12H,2-5,17H2,(H,18,19). The van der Waals surface area contributed by atoms with Crippen molar-refractivity contribution in [1.82, 2.24) is 4.98 Å². The Bertz CT molecular complexity index is 577. The summed E-state index contributed by atoms with van der Waals surface area (Å²) in [5.74, 6) is 0. The summed E-state index contributed by atoms with van der Waals surface area (Å²) in [5.41, 5.74) is 7.87. The van der Waals surface area contributed by atoms with Crippen molar-refractivity contribution in [3.8, 4) is 0 Å². The van der Waals surface area contributed by atoms with Crippen LogP contribution in [0.5, 0.6) is 0 Å². The minimum absolute atomic E-state index is 0.366. The van der Waals surface area contributed by atoms with E-state index in [1.807, 2.05) is 18.2 Å². The van der Waals surface area contributed by atoms with Gasteiger partial charge in [-0.2, -0.15) is 0 Å². The van der Waals surface area contributed by atoms with Gasteiger partial charge in [0.05, 0.1) is 11.2 Å². The number of nitrogens with two attached hydrogens (primary N) is 1. The van der Waals surface area contributed by atoms with E-state index in [0.717, 1.165) is 47.3 Å². The molecule has 1 fully saturated rings. The summed E-state index contributed by atoms with van der Waals surface area (Å²) in [4.78, 5) is 4.31. The molecule has 1 aromatic heterocycles.